The van der Waals surface area contributed by atoms with E-state index < -0.39 is 11.8 Å². The van der Waals surface area contributed by atoms with Crippen LogP contribution in [-0.4, -0.2) is 27.0 Å². The summed E-state index contributed by atoms with van der Waals surface area (Å²) in [6, 6.07) is 14.0. The van der Waals surface area contributed by atoms with Gasteiger partial charge in [0.2, 0.25) is 0 Å². The van der Waals surface area contributed by atoms with Crippen LogP contribution in [0.3, 0.4) is 0 Å². The molecule has 0 radical (unpaired) electrons. The number of H-pyrrole nitrogens is 1. The molecule has 0 atom stereocenters. The number of nitrogens with one attached hydrogen (secondary N) is 3. The molecule has 2 amide bonds. The minimum Gasteiger partial charge on any atom is -0.321 e. The molecule has 7 heteroatoms. The molecular weight excluding hydrogens is 294 g/mol. The van der Waals surface area contributed by atoms with E-state index in [2.05, 4.69) is 25.8 Å². The first-order valence-corrected chi connectivity index (χ1v) is 6.86. The smallest absolute Gasteiger partial charge is 0.275 e. The van der Waals surface area contributed by atoms with E-state index in [-0.39, 0.29) is 17.1 Å². The van der Waals surface area contributed by atoms with Gasteiger partial charge in [-0.05, 0) is 24.3 Å². The van der Waals surface area contributed by atoms with Crippen LogP contribution in [0.2, 0.25) is 0 Å². The van der Waals surface area contributed by atoms with Gasteiger partial charge in [-0.2, -0.15) is 5.10 Å². The molecular formula is C16H13N5O2. The van der Waals surface area contributed by atoms with Crippen molar-refractivity contribution in [1.29, 1.82) is 0 Å². The van der Waals surface area contributed by atoms with E-state index in [9.17, 15) is 9.59 Å². The molecule has 3 aromatic rings. The molecule has 114 valence electrons. The minimum atomic E-state index is -0.416. The van der Waals surface area contributed by atoms with Crippen LogP contribution in [-0.2, 0) is 0 Å². The molecule has 0 spiro atoms. The van der Waals surface area contributed by atoms with Crippen LogP contribution in [0.4, 0.5) is 11.4 Å². The van der Waals surface area contributed by atoms with Gasteiger partial charge in [0.25, 0.3) is 11.8 Å². The second-order valence-corrected chi connectivity index (χ2v) is 4.65. The van der Waals surface area contributed by atoms with Crippen LogP contribution in [0, 0.1) is 0 Å². The zero-order valence-corrected chi connectivity index (χ0v) is 12.0. The van der Waals surface area contributed by atoms with E-state index in [1.807, 2.05) is 18.2 Å². The van der Waals surface area contributed by atoms with E-state index in [0.717, 1.165) is 0 Å². The number of benzene rings is 1. The fraction of sp³-hybridized carbons (Fsp3) is 0. The highest BCUT2D eigenvalue weighted by Gasteiger charge is 2.17. The van der Waals surface area contributed by atoms with Gasteiger partial charge in [0.15, 0.2) is 0 Å². The van der Waals surface area contributed by atoms with Crippen LogP contribution in [0.15, 0.2) is 60.9 Å². The molecule has 2 heterocycles. The third kappa shape index (κ3) is 3.41. The molecule has 23 heavy (non-hydrogen) atoms. The van der Waals surface area contributed by atoms with Gasteiger partial charge in [-0.1, -0.05) is 24.3 Å². The second-order valence-electron chi connectivity index (χ2n) is 4.65. The second kappa shape index (κ2) is 6.52. The fourth-order valence-corrected chi connectivity index (χ4v) is 1.95. The third-order valence-electron chi connectivity index (χ3n) is 3.04. The number of pyridine rings is 1. The molecule has 3 rings (SSSR count). The quantitative estimate of drug-likeness (QED) is 0.688. The maximum Gasteiger partial charge on any atom is 0.275 e. The van der Waals surface area contributed by atoms with Gasteiger partial charge in [0, 0.05) is 11.9 Å². The monoisotopic (exact) mass is 307 g/mol. The summed E-state index contributed by atoms with van der Waals surface area (Å²) in [5, 5.41) is 11.7. The number of hydrogen-bond donors (Lipinski definition) is 3. The number of nitrogens with zero attached hydrogens (tertiary/aromatic N) is 2. The lowest BCUT2D eigenvalue weighted by atomic mass is 10.2. The van der Waals surface area contributed by atoms with Crippen molar-refractivity contribution in [3.63, 3.8) is 0 Å². The average molecular weight is 307 g/mol. The van der Waals surface area contributed by atoms with E-state index in [0.29, 0.717) is 5.69 Å². The zero-order chi connectivity index (χ0) is 16.1. The van der Waals surface area contributed by atoms with Crippen molar-refractivity contribution in [3.8, 4) is 0 Å². The predicted molar refractivity (Wildman–Crippen MR) is 85.2 cm³/mol. The molecule has 0 bridgehead atoms. The maximum atomic E-state index is 12.3. The summed E-state index contributed by atoms with van der Waals surface area (Å²) in [6.45, 7) is 0. The van der Waals surface area contributed by atoms with Crippen LogP contribution in [0.1, 0.15) is 21.0 Å². The van der Waals surface area contributed by atoms with Crippen LogP contribution >= 0.6 is 0 Å². The van der Waals surface area contributed by atoms with E-state index in [1.165, 1.54) is 12.4 Å². The lowest BCUT2D eigenvalue weighted by molar-refractivity contribution is 0.102. The van der Waals surface area contributed by atoms with Gasteiger partial charge in [0.1, 0.15) is 11.4 Å². The normalized spacial score (nSPS) is 10.1. The minimum absolute atomic E-state index is 0.165. The van der Waals surface area contributed by atoms with Crippen LogP contribution in [0.25, 0.3) is 0 Å². The van der Waals surface area contributed by atoms with Crippen molar-refractivity contribution in [2.75, 3.05) is 10.6 Å². The fourth-order valence-electron chi connectivity index (χ4n) is 1.95. The van der Waals surface area contributed by atoms with Crippen molar-refractivity contribution in [1.82, 2.24) is 15.2 Å². The number of rotatable bonds is 4. The zero-order valence-electron chi connectivity index (χ0n) is 12.0. The van der Waals surface area contributed by atoms with Crippen LogP contribution < -0.4 is 10.6 Å². The standard InChI is InChI=1S/C16H13N5O2/c22-15(12-8-4-5-9-17-12)20-13-10-18-21-14(13)16(23)19-11-6-2-1-3-7-11/h1-10H,(H,18,21)(H,19,23)(H,20,22). The largest absolute Gasteiger partial charge is 0.321 e. The average Bonchev–Trinajstić information content (AvgIpc) is 3.05. The summed E-state index contributed by atoms with van der Waals surface area (Å²) in [5.41, 5.74) is 1.35. The van der Waals surface area contributed by atoms with Crippen molar-refractivity contribution in [2.45, 2.75) is 0 Å². The maximum absolute atomic E-state index is 12.3. The Morgan fingerprint density at radius 2 is 1.70 bits per heavy atom. The van der Waals surface area contributed by atoms with Gasteiger partial charge in [0.05, 0.1) is 11.9 Å². The van der Waals surface area contributed by atoms with Crippen LogP contribution in [0.5, 0.6) is 0 Å². The highest BCUT2D eigenvalue weighted by atomic mass is 16.2. The number of amides is 2. The summed E-state index contributed by atoms with van der Waals surface area (Å²) in [7, 11) is 0. The van der Waals surface area contributed by atoms with Crippen molar-refractivity contribution < 1.29 is 9.59 Å². The molecule has 0 unspecified atom stereocenters. The van der Waals surface area contributed by atoms with E-state index in [1.54, 1.807) is 30.3 Å². The van der Waals surface area contributed by atoms with Gasteiger partial charge < -0.3 is 10.6 Å². The summed E-state index contributed by atoms with van der Waals surface area (Å²) in [6.07, 6.45) is 2.90. The Kier molecular flexibility index (Phi) is 4.10. The number of aromatic nitrogens is 3. The van der Waals surface area contributed by atoms with Gasteiger partial charge >= 0.3 is 0 Å². The lowest BCUT2D eigenvalue weighted by Gasteiger charge is -2.06. The van der Waals surface area contributed by atoms with E-state index >= 15 is 0 Å². The highest BCUT2D eigenvalue weighted by molar-refractivity contribution is 6.10. The van der Waals surface area contributed by atoms with Crippen molar-refractivity contribution >= 4 is 23.2 Å². The molecule has 3 N–H and O–H groups in total. The summed E-state index contributed by atoms with van der Waals surface area (Å²) >= 11 is 0. The SMILES string of the molecule is O=C(Nc1cn[nH]c1C(=O)Nc1ccccc1)c1ccccn1. The number of carbonyl (C=O) groups is 2. The Morgan fingerprint density at radius 1 is 0.913 bits per heavy atom. The molecule has 7 nitrogen and oxygen atoms in total. The molecule has 0 aliphatic carbocycles. The van der Waals surface area contributed by atoms with Crippen molar-refractivity contribution in [3.05, 3.63) is 72.3 Å². The highest BCUT2D eigenvalue weighted by Crippen LogP contribution is 2.15. The lowest BCUT2D eigenvalue weighted by Crippen LogP contribution is -2.18. The Balaban J connectivity index is 1.74. The predicted octanol–water partition coefficient (Wildman–Crippen LogP) is 2.31. The number of anilines is 2. The molecule has 0 saturated heterocycles. The number of aromatic amines is 1. The van der Waals surface area contributed by atoms with Crippen molar-refractivity contribution in [2.24, 2.45) is 0 Å². The number of para-hydroxylation sites is 1. The molecule has 0 aliphatic rings. The third-order valence-corrected chi connectivity index (χ3v) is 3.04. The molecule has 0 aliphatic heterocycles. The summed E-state index contributed by atoms with van der Waals surface area (Å²) in [5.74, 6) is -0.814. The first-order chi connectivity index (χ1) is 11.2. The number of hydrogen-bond acceptors (Lipinski definition) is 4. The molecule has 0 fully saturated rings. The Hall–Kier alpha value is -3.48. The Labute approximate surface area is 131 Å². The summed E-state index contributed by atoms with van der Waals surface area (Å²) in [4.78, 5) is 28.3. The molecule has 0 saturated carbocycles. The number of carbonyl (C=O) groups excluding carboxylic acids is 2. The Morgan fingerprint density at radius 3 is 2.43 bits per heavy atom. The van der Waals surface area contributed by atoms with Gasteiger partial charge in [-0.15, -0.1) is 0 Å². The molecule has 1 aromatic carbocycles. The topological polar surface area (TPSA) is 99.8 Å². The first kappa shape index (κ1) is 14.5. The van der Waals surface area contributed by atoms with Gasteiger partial charge in [-0.3, -0.25) is 19.7 Å². The first-order valence-electron chi connectivity index (χ1n) is 6.86. The summed E-state index contributed by atoms with van der Waals surface area (Å²) < 4.78 is 0. The molecule has 2 aromatic heterocycles. The van der Waals surface area contributed by atoms with Gasteiger partial charge in [-0.25, -0.2) is 0 Å². The Bertz CT molecular complexity index is 815. The van der Waals surface area contributed by atoms with E-state index in [4.69, 9.17) is 0 Å².